The highest BCUT2D eigenvalue weighted by Gasteiger charge is 2.25. The molecule has 0 bridgehead atoms. The van der Waals surface area contributed by atoms with Gasteiger partial charge in [0.05, 0.1) is 17.6 Å². The molecule has 1 amide bonds. The Morgan fingerprint density at radius 2 is 2.24 bits per heavy atom. The molecule has 0 aliphatic heterocycles. The Labute approximate surface area is 124 Å². The van der Waals surface area contributed by atoms with Crippen molar-refractivity contribution in [1.29, 1.82) is 0 Å². The lowest BCUT2D eigenvalue weighted by Gasteiger charge is -2.25. The molecular weight excluding hydrogens is 264 g/mol. The second-order valence-corrected chi connectivity index (χ2v) is 5.92. The Kier molecular flexibility index (Phi) is 3.92. The van der Waals surface area contributed by atoms with Crippen molar-refractivity contribution in [2.45, 2.75) is 38.3 Å². The van der Waals surface area contributed by atoms with E-state index in [4.69, 9.17) is 5.73 Å². The number of nitrogens with one attached hydrogen (secondary N) is 1. The van der Waals surface area contributed by atoms with E-state index < -0.39 is 0 Å². The van der Waals surface area contributed by atoms with E-state index >= 15 is 0 Å². The molecule has 112 valence electrons. The average molecular weight is 286 g/mol. The van der Waals surface area contributed by atoms with Gasteiger partial charge in [0.1, 0.15) is 5.82 Å². The summed E-state index contributed by atoms with van der Waals surface area (Å²) in [5.74, 6) is 1.05. The normalized spacial score (nSPS) is 22.4. The van der Waals surface area contributed by atoms with Crippen LogP contribution >= 0.6 is 0 Å². The predicted molar refractivity (Wildman–Crippen MR) is 82.5 cm³/mol. The number of rotatable bonds is 3. The quantitative estimate of drug-likeness (QED) is 0.902. The smallest absolute Gasteiger partial charge is 0.223 e. The number of benzene rings is 1. The van der Waals surface area contributed by atoms with E-state index in [0.717, 1.165) is 42.5 Å². The van der Waals surface area contributed by atoms with Gasteiger partial charge in [-0.15, -0.1) is 0 Å². The van der Waals surface area contributed by atoms with Crippen LogP contribution in [0.3, 0.4) is 0 Å². The molecule has 0 saturated heterocycles. The first-order valence-electron chi connectivity index (χ1n) is 7.59. The van der Waals surface area contributed by atoms with Crippen molar-refractivity contribution in [2.24, 2.45) is 18.7 Å². The monoisotopic (exact) mass is 286 g/mol. The molecule has 1 aliphatic carbocycles. The molecule has 1 aromatic heterocycles. The van der Waals surface area contributed by atoms with Gasteiger partial charge in [-0.25, -0.2) is 4.98 Å². The highest BCUT2D eigenvalue weighted by molar-refractivity contribution is 5.79. The maximum absolute atomic E-state index is 12.2. The summed E-state index contributed by atoms with van der Waals surface area (Å²) in [6.45, 7) is 0.468. The van der Waals surface area contributed by atoms with Gasteiger partial charge in [-0.1, -0.05) is 18.6 Å². The van der Waals surface area contributed by atoms with Gasteiger partial charge in [0.2, 0.25) is 5.91 Å². The lowest BCUT2D eigenvalue weighted by Crippen LogP contribution is -2.37. The molecule has 1 aromatic carbocycles. The summed E-state index contributed by atoms with van der Waals surface area (Å²) >= 11 is 0. The van der Waals surface area contributed by atoms with Crippen LogP contribution in [-0.4, -0.2) is 21.5 Å². The minimum atomic E-state index is 0.0587. The minimum Gasteiger partial charge on any atom is -0.349 e. The van der Waals surface area contributed by atoms with Gasteiger partial charge in [0, 0.05) is 19.0 Å². The van der Waals surface area contributed by atoms with Crippen molar-refractivity contribution in [3.05, 3.63) is 30.1 Å². The van der Waals surface area contributed by atoms with Crippen LogP contribution in [0.4, 0.5) is 0 Å². The van der Waals surface area contributed by atoms with Gasteiger partial charge in [0.25, 0.3) is 0 Å². The van der Waals surface area contributed by atoms with E-state index in [1.54, 1.807) is 0 Å². The second kappa shape index (κ2) is 5.85. The number of hydrogen-bond donors (Lipinski definition) is 2. The van der Waals surface area contributed by atoms with Crippen molar-refractivity contribution in [3.63, 3.8) is 0 Å². The second-order valence-electron chi connectivity index (χ2n) is 5.92. The first kappa shape index (κ1) is 14.1. The zero-order chi connectivity index (χ0) is 14.8. The Balaban J connectivity index is 1.66. The molecular formula is C16H22N4O. The summed E-state index contributed by atoms with van der Waals surface area (Å²) in [5, 5.41) is 3.01. The molecule has 0 radical (unpaired) electrons. The molecule has 3 rings (SSSR count). The van der Waals surface area contributed by atoms with Crippen LogP contribution in [0.15, 0.2) is 24.3 Å². The van der Waals surface area contributed by atoms with Gasteiger partial charge in [-0.05, 0) is 31.4 Å². The van der Waals surface area contributed by atoms with Crippen LogP contribution in [0.25, 0.3) is 11.0 Å². The maximum Gasteiger partial charge on any atom is 0.223 e. The fraction of sp³-hybridized carbons (Fsp3) is 0.500. The summed E-state index contributed by atoms with van der Waals surface area (Å²) in [5.41, 5.74) is 8.00. The number of nitrogens with zero attached hydrogens (tertiary/aromatic N) is 2. The van der Waals surface area contributed by atoms with E-state index in [9.17, 15) is 4.79 Å². The number of fused-ring (bicyclic) bond motifs is 1. The van der Waals surface area contributed by atoms with Crippen molar-refractivity contribution in [3.8, 4) is 0 Å². The third kappa shape index (κ3) is 2.93. The third-order valence-electron chi connectivity index (χ3n) is 4.39. The summed E-state index contributed by atoms with van der Waals surface area (Å²) in [4.78, 5) is 16.8. The van der Waals surface area contributed by atoms with Gasteiger partial charge in [-0.3, -0.25) is 4.79 Å². The average Bonchev–Trinajstić information content (AvgIpc) is 2.82. The van der Waals surface area contributed by atoms with Crippen molar-refractivity contribution in [1.82, 2.24) is 14.9 Å². The Morgan fingerprint density at radius 3 is 3.00 bits per heavy atom. The van der Waals surface area contributed by atoms with Gasteiger partial charge < -0.3 is 15.6 Å². The Bertz CT molecular complexity index is 649. The Hall–Kier alpha value is -1.88. The number of aryl methyl sites for hydroxylation is 1. The number of carbonyl (C=O) groups is 1. The lowest BCUT2D eigenvalue weighted by atomic mass is 9.85. The standard InChI is InChI=1S/C16H22N4O/c1-20-14-8-3-2-7-13(14)19-15(20)10-18-16(21)11-5-4-6-12(17)9-11/h2-3,7-8,11-12H,4-6,9-10,17H2,1H3,(H,18,21). The molecule has 1 heterocycles. The van der Waals surface area contributed by atoms with E-state index in [0.29, 0.717) is 6.54 Å². The topological polar surface area (TPSA) is 72.9 Å². The molecule has 2 unspecified atom stereocenters. The molecule has 5 heteroatoms. The van der Waals surface area contributed by atoms with Crippen LogP contribution in [0.5, 0.6) is 0 Å². The summed E-state index contributed by atoms with van der Waals surface area (Å²) in [7, 11) is 1.98. The Morgan fingerprint density at radius 1 is 1.43 bits per heavy atom. The predicted octanol–water partition coefficient (Wildman–Crippen LogP) is 1.71. The molecule has 2 aromatic rings. The van der Waals surface area contributed by atoms with Gasteiger partial charge in [0.15, 0.2) is 0 Å². The SMILES string of the molecule is Cn1c(CNC(=O)C2CCCC(N)C2)nc2ccccc21. The van der Waals surface area contributed by atoms with Crippen LogP contribution in [0.1, 0.15) is 31.5 Å². The number of para-hydroxylation sites is 2. The largest absolute Gasteiger partial charge is 0.349 e. The fourth-order valence-corrected chi connectivity index (χ4v) is 3.13. The summed E-state index contributed by atoms with van der Waals surface area (Å²) in [6.07, 6.45) is 3.83. The fourth-order valence-electron chi connectivity index (χ4n) is 3.13. The number of amides is 1. The number of hydrogen-bond acceptors (Lipinski definition) is 3. The number of nitrogens with two attached hydrogens (primary N) is 1. The van der Waals surface area contributed by atoms with E-state index in [2.05, 4.69) is 10.3 Å². The van der Waals surface area contributed by atoms with Crippen LogP contribution in [-0.2, 0) is 18.4 Å². The maximum atomic E-state index is 12.2. The molecule has 1 saturated carbocycles. The molecule has 0 spiro atoms. The van der Waals surface area contributed by atoms with Gasteiger partial charge in [-0.2, -0.15) is 0 Å². The summed E-state index contributed by atoms with van der Waals surface area (Å²) in [6, 6.07) is 8.16. The third-order valence-corrected chi connectivity index (χ3v) is 4.39. The molecule has 2 atom stereocenters. The molecule has 1 aliphatic rings. The van der Waals surface area contributed by atoms with E-state index in [-0.39, 0.29) is 17.9 Å². The highest BCUT2D eigenvalue weighted by atomic mass is 16.1. The number of carbonyl (C=O) groups excluding carboxylic acids is 1. The van der Waals surface area contributed by atoms with E-state index in [1.807, 2.05) is 35.9 Å². The lowest BCUT2D eigenvalue weighted by molar-refractivity contribution is -0.126. The summed E-state index contributed by atoms with van der Waals surface area (Å²) < 4.78 is 2.03. The van der Waals surface area contributed by atoms with E-state index in [1.165, 1.54) is 0 Å². The van der Waals surface area contributed by atoms with Crippen molar-refractivity contribution in [2.75, 3.05) is 0 Å². The first-order valence-corrected chi connectivity index (χ1v) is 7.59. The highest BCUT2D eigenvalue weighted by Crippen LogP contribution is 2.23. The molecule has 1 fully saturated rings. The van der Waals surface area contributed by atoms with Crippen LogP contribution < -0.4 is 11.1 Å². The van der Waals surface area contributed by atoms with Crippen LogP contribution in [0, 0.1) is 5.92 Å². The first-order chi connectivity index (χ1) is 10.1. The van der Waals surface area contributed by atoms with Crippen molar-refractivity contribution >= 4 is 16.9 Å². The number of aromatic nitrogens is 2. The molecule has 5 nitrogen and oxygen atoms in total. The zero-order valence-electron chi connectivity index (χ0n) is 12.4. The molecule has 3 N–H and O–H groups in total. The minimum absolute atomic E-state index is 0.0587. The zero-order valence-corrected chi connectivity index (χ0v) is 12.4. The number of imidazole rings is 1. The van der Waals surface area contributed by atoms with Gasteiger partial charge >= 0.3 is 0 Å². The van der Waals surface area contributed by atoms with Crippen molar-refractivity contribution < 1.29 is 4.79 Å². The van der Waals surface area contributed by atoms with Crippen LogP contribution in [0.2, 0.25) is 0 Å². The molecule has 21 heavy (non-hydrogen) atoms.